The van der Waals surface area contributed by atoms with Crippen LogP contribution in [0.4, 0.5) is 0 Å². The van der Waals surface area contributed by atoms with E-state index in [0.717, 1.165) is 37.1 Å². The van der Waals surface area contributed by atoms with Gasteiger partial charge in [-0.3, -0.25) is 4.79 Å². The van der Waals surface area contributed by atoms with Crippen molar-refractivity contribution in [2.45, 2.75) is 45.1 Å². The molecule has 0 saturated carbocycles. The molecule has 0 saturated heterocycles. The molecule has 2 aromatic rings. The summed E-state index contributed by atoms with van der Waals surface area (Å²) in [4.78, 5) is 17.9. The van der Waals surface area contributed by atoms with Gasteiger partial charge in [0, 0.05) is 20.1 Å². The van der Waals surface area contributed by atoms with Crippen LogP contribution in [-0.4, -0.2) is 48.9 Å². The first-order chi connectivity index (χ1) is 13.0. The van der Waals surface area contributed by atoms with E-state index in [1.165, 1.54) is 11.1 Å². The molecule has 0 radical (unpaired) electrons. The standard InChI is InChI=1S/C24H32N2O/c1-6-26(7-2)18(3)16-17-24(23(27)25(4)5)21-14-10-8-12-19(21)20-13-9-11-15-22(20)24/h8-15,18H,6-7,16-17H2,1-5H3. The number of benzene rings is 2. The lowest BCUT2D eigenvalue weighted by molar-refractivity contribution is -0.133. The fourth-order valence-corrected chi connectivity index (χ4v) is 4.77. The molecule has 3 nitrogen and oxygen atoms in total. The highest BCUT2D eigenvalue weighted by Gasteiger charge is 2.49. The molecule has 3 rings (SSSR count). The predicted octanol–water partition coefficient (Wildman–Crippen LogP) is 4.55. The van der Waals surface area contributed by atoms with Crippen molar-refractivity contribution in [2.24, 2.45) is 0 Å². The third-order valence-corrected chi connectivity index (χ3v) is 6.21. The maximum atomic E-state index is 13.6. The number of hydrogen-bond acceptors (Lipinski definition) is 2. The van der Waals surface area contributed by atoms with Gasteiger partial charge >= 0.3 is 0 Å². The van der Waals surface area contributed by atoms with Crippen LogP contribution in [0.3, 0.4) is 0 Å². The van der Waals surface area contributed by atoms with Gasteiger partial charge in [-0.25, -0.2) is 0 Å². The molecule has 0 N–H and O–H groups in total. The lowest BCUT2D eigenvalue weighted by atomic mass is 9.72. The molecule has 0 aromatic heterocycles. The van der Waals surface area contributed by atoms with Crippen molar-refractivity contribution < 1.29 is 4.79 Å². The number of nitrogens with zero attached hydrogens (tertiary/aromatic N) is 2. The summed E-state index contributed by atoms with van der Waals surface area (Å²) in [6, 6.07) is 17.4. The van der Waals surface area contributed by atoms with Crippen LogP contribution in [0, 0.1) is 0 Å². The first-order valence-electron chi connectivity index (χ1n) is 10.1. The summed E-state index contributed by atoms with van der Waals surface area (Å²) in [5, 5.41) is 0. The van der Waals surface area contributed by atoms with Crippen LogP contribution in [0.2, 0.25) is 0 Å². The Hall–Kier alpha value is -2.13. The van der Waals surface area contributed by atoms with Gasteiger partial charge in [0.15, 0.2) is 0 Å². The van der Waals surface area contributed by atoms with Crippen LogP contribution in [0.25, 0.3) is 11.1 Å². The lowest BCUT2D eigenvalue weighted by Crippen LogP contribution is -2.45. The topological polar surface area (TPSA) is 23.6 Å². The van der Waals surface area contributed by atoms with Crippen molar-refractivity contribution in [1.29, 1.82) is 0 Å². The molecule has 0 fully saturated rings. The zero-order chi connectivity index (χ0) is 19.6. The van der Waals surface area contributed by atoms with Gasteiger partial charge in [-0.05, 0) is 55.1 Å². The van der Waals surface area contributed by atoms with Crippen LogP contribution in [0.15, 0.2) is 48.5 Å². The number of rotatable bonds is 7. The molecular weight excluding hydrogens is 332 g/mol. The molecule has 2 aromatic carbocycles. The van der Waals surface area contributed by atoms with E-state index < -0.39 is 5.41 Å². The zero-order valence-electron chi connectivity index (χ0n) is 17.3. The van der Waals surface area contributed by atoms with E-state index in [9.17, 15) is 4.79 Å². The molecule has 0 aliphatic heterocycles. The van der Waals surface area contributed by atoms with Crippen molar-refractivity contribution in [3.05, 3.63) is 59.7 Å². The van der Waals surface area contributed by atoms with E-state index in [0.29, 0.717) is 6.04 Å². The summed E-state index contributed by atoms with van der Waals surface area (Å²) in [6.45, 7) is 8.79. The molecule has 1 atom stereocenters. The van der Waals surface area contributed by atoms with Crippen LogP contribution in [0.5, 0.6) is 0 Å². The minimum atomic E-state index is -0.585. The Balaban J connectivity index is 2.11. The monoisotopic (exact) mass is 364 g/mol. The minimum absolute atomic E-state index is 0.187. The van der Waals surface area contributed by atoms with Crippen LogP contribution < -0.4 is 0 Å². The van der Waals surface area contributed by atoms with Crippen LogP contribution in [-0.2, 0) is 10.2 Å². The van der Waals surface area contributed by atoms with E-state index in [2.05, 4.69) is 74.2 Å². The molecule has 1 unspecified atom stereocenters. The molecular formula is C24H32N2O. The van der Waals surface area contributed by atoms with Gasteiger partial charge in [0.25, 0.3) is 0 Å². The molecule has 1 amide bonds. The number of carbonyl (C=O) groups is 1. The fraction of sp³-hybridized carbons (Fsp3) is 0.458. The van der Waals surface area contributed by atoms with Gasteiger partial charge < -0.3 is 9.80 Å². The van der Waals surface area contributed by atoms with E-state index >= 15 is 0 Å². The molecule has 0 bridgehead atoms. The highest BCUT2D eigenvalue weighted by Crippen LogP contribution is 2.52. The maximum absolute atomic E-state index is 13.6. The van der Waals surface area contributed by atoms with Crippen molar-refractivity contribution in [3.8, 4) is 11.1 Å². The minimum Gasteiger partial charge on any atom is -0.348 e. The molecule has 1 aliphatic carbocycles. The number of likely N-dealkylation sites (N-methyl/N-ethyl adjacent to an activating group) is 1. The Morgan fingerprint density at radius 1 is 0.926 bits per heavy atom. The third kappa shape index (κ3) is 3.19. The van der Waals surface area contributed by atoms with E-state index in [-0.39, 0.29) is 5.91 Å². The van der Waals surface area contributed by atoms with Gasteiger partial charge in [-0.1, -0.05) is 62.4 Å². The summed E-state index contributed by atoms with van der Waals surface area (Å²) in [5.74, 6) is 0.187. The molecule has 27 heavy (non-hydrogen) atoms. The fourth-order valence-electron chi connectivity index (χ4n) is 4.77. The van der Waals surface area contributed by atoms with Gasteiger partial charge in [0.05, 0.1) is 0 Å². The van der Waals surface area contributed by atoms with E-state index in [1.54, 1.807) is 4.90 Å². The van der Waals surface area contributed by atoms with Crippen molar-refractivity contribution in [2.75, 3.05) is 27.2 Å². The Kier molecular flexibility index (Phi) is 5.71. The van der Waals surface area contributed by atoms with Gasteiger partial charge in [-0.2, -0.15) is 0 Å². The molecule has 0 spiro atoms. The molecule has 1 aliphatic rings. The lowest BCUT2D eigenvalue weighted by Gasteiger charge is -2.35. The first kappa shape index (κ1) is 19.6. The number of amides is 1. The Morgan fingerprint density at radius 3 is 1.85 bits per heavy atom. The second kappa shape index (κ2) is 7.85. The normalized spacial score (nSPS) is 15.3. The molecule has 3 heteroatoms. The van der Waals surface area contributed by atoms with Crippen molar-refractivity contribution in [1.82, 2.24) is 9.80 Å². The Labute approximate surface area is 164 Å². The average Bonchev–Trinajstić information content (AvgIpc) is 2.98. The second-order valence-electron chi connectivity index (χ2n) is 7.80. The second-order valence-corrected chi connectivity index (χ2v) is 7.80. The predicted molar refractivity (Wildman–Crippen MR) is 113 cm³/mol. The Bertz CT molecular complexity index is 762. The first-order valence-corrected chi connectivity index (χ1v) is 10.1. The summed E-state index contributed by atoms with van der Waals surface area (Å²) in [7, 11) is 3.75. The zero-order valence-corrected chi connectivity index (χ0v) is 17.3. The summed E-state index contributed by atoms with van der Waals surface area (Å²) in [6.07, 6.45) is 1.82. The number of hydrogen-bond donors (Lipinski definition) is 0. The maximum Gasteiger partial charge on any atom is 0.237 e. The number of carbonyl (C=O) groups excluding carboxylic acids is 1. The summed E-state index contributed by atoms with van der Waals surface area (Å²) < 4.78 is 0. The van der Waals surface area contributed by atoms with Gasteiger partial charge in [-0.15, -0.1) is 0 Å². The third-order valence-electron chi connectivity index (χ3n) is 6.21. The van der Waals surface area contributed by atoms with Crippen molar-refractivity contribution in [3.63, 3.8) is 0 Å². The van der Waals surface area contributed by atoms with Crippen molar-refractivity contribution >= 4 is 5.91 Å². The number of fused-ring (bicyclic) bond motifs is 3. The highest BCUT2D eigenvalue weighted by molar-refractivity contribution is 6.00. The largest absolute Gasteiger partial charge is 0.348 e. The van der Waals surface area contributed by atoms with E-state index in [4.69, 9.17) is 0 Å². The quantitative estimate of drug-likeness (QED) is 0.719. The Morgan fingerprint density at radius 2 is 1.41 bits per heavy atom. The SMILES string of the molecule is CCN(CC)C(C)CCC1(C(=O)N(C)C)c2ccccc2-c2ccccc21. The van der Waals surface area contributed by atoms with Gasteiger partial charge in [0.1, 0.15) is 5.41 Å². The van der Waals surface area contributed by atoms with Crippen LogP contribution in [0.1, 0.15) is 44.7 Å². The average molecular weight is 365 g/mol. The highest BCUT2D eigenvalue weighted by atomic mass is 16.2. The van der Waals surface area contributed by atoms with E-state index in [1.807, 2.05) is 14.1 Å². The van der Waals surface area contributed by atoms with Crippen LogP contribution >= 0.6 is 0 Å². The molecule has 144 valence electrons. The summed E-state index contributed by atoms with van der Waals surface area (Å²) >= 11 is 0. The smallest absolute Gasteiger partial charge is 0.237 e. The molecule has 0 heterocycles. The summed E-state index contributed by atoms with van der Waals surface area (Å²) in [5.41, 5.74) is 4.16. The van der Waals surface area contributed by atoms with Gasteiger partial charge in [0.2, 0.25) is 5.91 Å².